The molecule has 6 nitrogen and oxygen atoms in total. The van der Waals surface area contributed by atoms with E-state index in [0.717, 1.165) is 19.6 Å². The summed E-state index contributed by atoms with van der Waals surface area (Å²) in [5, 5.41) is 9.09. The lowest BCUT2D eigenvalue weighted by atomic mass is 10.1. The number of benzene rings is 1. The van der Waals surface area contributed by atoms with Crippen LogP contribution in [-0.4, -0.2) is 44.1 Å². The summed E-state index contributed by atoms with van der Waals surface area (Å²) in [5.41, 5.74) is 4.02. The van der Waals surface area contributed by atoms with Gasteiger partial charge in [-0.2, -0.15) is 0 Å². The van der Waals surface area contributed by atoms with Gasteiger partial charge in [0.15, 0.2) is 0 Å². The lowest BCUT2D eigenvalue weighted by Crippen LogP contribution is -2.22. The summed E-state index contributed by atoms with van der Waals surface area (Å²) >= 11 is 0. The van der Waals surface area contributed by atoms with Gasteiger partial charge >= 0.3 is 5.97 Å². The molecule has 1 N–H and O–H groups in total. The molecular formula is C20H22N4O2. The molecule has 6 heteroatoms. The number of likely N-dealkylation sites (N-methyl/N-ethyl adjacent to an activating group) is 1. The smallest absolute Gasteiger partial charge is 0.335 e. The van der Waals surface area contributed by atoms with Gasteiger partial charge in [-0.3, -0.25) is 4.98 Å². The van der Waals surface area contributed by atoms with Gasteiger partial charge in [-0.05, 0) is 31.7 Å². The Morgan fingerprint density at radius 3 is 2.81 bits per heavy atom. The molecule has 0 radical (unpaired) electrons. The summed E-state index contributed by atoms with van der Waals surface area (Å²) in [6, 6.07) is 11.5. The zero-order valence-corrected chi connectivity index (χ0v) is 15.0. The van der Waals surface area contributed by atoms with Gasteiger partial charge in [0, 0.05) is 32.0 Å². The predicted octanol–water partition coefficient (Wildman–Crippen LogP) is 3.08. The van der Waals surface area contributed by atoms with Crippen LogP contribution in [0.2, 0.25) is 0 Å². The average molecular weight is 350 g/mol. The van der Waals surface area contributed by atoms with E-state index in [1.54, 1.807) is 12.4 Å². The Morgan fingerprint density at radius 1 is 1.19 bits per heavy atom. The third-order valence-corrected chi connectivity index (χ3v) is 4.18. The van der Waals surface area contributed by atoms with Crippen molar-refractivity contribution in [3.05, 3.63) is 71.8 Å². The molecule has 26 heavy (non-hydrogen) atoms. The van der Waals surface area contributed by atoms with Crippen LogP contribution in [0.4, 0.5) is 0 Å². The van der Waals surface area contributed by atoms with E-state index >= 15 is 0 Å². The zero-order valence-electron chi connectivity index (χ0n) is 15.0. The first-order valence-electron chi connectivity index (χ1n) is 8.47. The molecule has 134 valence electrons. The second-order valence-electron chi connectivity index (χ2n) is 6.46. The van der Waals surface area contributed by atoms with E-state index in [4.69, 9.17) is 5.11 Å². The number of hydrogen-bond donors (Lipinski definition) is 1. The minimum absolute atomic E-state index is 0.211. The van der Waals surface area contributed by atoms with Crippen molar-refractivity contribution >= 4 is 5.97 Å². The second-order valence-corrected chi connectivity index (χ2v) is 6.46. The number of aromatic nitrogens is 3. The standard InChI is InChI=1S/C20H22N4O2/c1-15-4-3-5-16(10-15)12-23(2)8-9-24-13-19(22-14-24)18-11-17(20(25)26)6-7-21-18/h3-7,10-11,13-14H,8-9,12H2,1-2H3,(H,25,26). The fraction of sp³-hybridized carbons (Fsp3) is 0.250. The number of hydrogen-bond acceptors (Lipinski definition) is 4. The predicted molar refractivity (Wildman–Crippen MR) is 99.9 cm³/mol. The molecular weight excluding hydrogens is 328 g/mol. The lowest BCUT2D eigenvalue weighted by Gasteiger charge is -2.17. The molecule has 0 bridgehead atoms. The molecule has 2 heterocycles. The van der Waals surface area contributed by atoms with Gasteiger partial charge in [-0.15, -0.1) is 0 Å². The lowest BCUT2D eigenvalue weighted by molar-refractivity contribution is 0.0697. The molecule has 2 aromatic heterocycles. The van der Waals surface area contributed by atoms with E-state index < -0.39 is 5.97 Å². The highest BCUT2D eigenvalue weighted by atomic mass is 16.4. The van der Waals surface area contributed by atoms with Crippen LogP contribution in [0, 0.1) is 6.92 Å². The summed E-state index contributed by atoms with van der Waals surface area (Å²) in [5.74, 6) is -0.967. The fourth-order valence-corrected chi connectivity index (χ4v) is 2.81. The van der Waals surface area contributed by atoms with Crippen LogP contribution in [0.5, 0.6) is 0 Å². The number of carboxylic acids is 1. The molecule has 0 atom stereocenters. The maximum absolute atomic E-state index is 11.1. The maximum Gasteiger partial charge on any atom is 0.335 e. The van der Waals surface area contributed by atoms with E-state index in [0.29, 0.717) is 11.4 Å². The second kappa shape index (κ2) is 7.93. The monoisotopic (exact) mass is 350 g/mol. The van der Waals surface area contributed by atoms with E-state index in [1.807, 2.05) is 10.8 Å². The molecule has 0 unspecified atom stereocenters. The molecule has 0 aliphatic carbocycles. The van der Waals surface area contributed by atoms with Crippen LogP contribution in [0.1, 0.15) is 21.5 Å². The van der Waals surface area contributed by atoms with Crippen LogP contribution in [0.15, 0.2) is 55.1 Å². The molecule has 0 amide bonds. The molecule has 0 saturated carbocycles. The van der Waals surface area contributed by atoms with Crippen LogP contribution >= 0.6 is 0 Å². The van der Waals surface area contributed by atoms with Crippen LogP contribution in [-0.2, 0) is 13.1 Å². The molecule has 0 spiro atoms. The Balaban J connectivity index is 1.60. The third kappa shape index (κ3) is 4.55. The van der Waals surface area contributed by atoms with Crippen molar-refractivity contribution in [3.63, 3.8) is 0 Å². The van der Waals surface area contributed by atoms with Crippen molar-refractivity contribution in [2.75, 3.05) is 13.6 Å². The minimum atomic E-state index is -0.967. The van der Waals surface area contributed by atoms with Gasteiger partial charge in [0.2, 0.25) is 0 Å². The van der Waals surface area contributed by atoms with Crippen LogP contribution < -0.4 is 0 Å². The van der Waals surface area contributed by atoms with Crippen molar-refractivity contribution in [3.8, 4) is 11.4 Å². The first-order chi connectivity index (χ1) is 12.5. The Morgan fingerprint density at radius 2 is 2.04 bits per heavy atom. The normalized spacial score (nSPS) is 11.0. The van der Waals surface area contributed by atoms with E-state index in [2.05, 4.69) is 53.1 Å². The minimum Gasteiger partial charge on any atom is -0.478 e. The van der Waals surface area contributed by atoms with E-state index in [9.17, 15) is 4.79 Å². The number of aryl methyl sites for hydroxylation is 1. The summed E-state index contributed by atoms with van der Waals surface area (Å²) in [4.78, 5) is 21.9. The maximum atomic E-state index is 11.1. The quantitative estimate of drug-likeness (QED) is 0.709. The Hall–Kier alpha value is -2.99. The topological polar surface area (TPSA) is 71.2 Å². The van der Waals surface area contributed by atoms with Gasteiger partial charge in [-0.1, -0.05) is 29.8 Å². The largest absolute Gasteiger partial charge is 0.478 e. The average Bonchev–Trinajstić information content (AvgIpc) is 3.09. The summed E-state index contributed by atoms with van der Waals surface area (Å²) in [6.07, 6.45) is 5.15. The first kappa shape index (κ1) is 17.8. The van der Waals surface area contributed by atoms with Crippen molar-refractivity contribution in [1.29, 1.82) is 0 Å². The van der Waals surface area contributed by atoms with Gasteiger partial charge in [-0.25, -0.2) is 9.78 Å². The number of imidazole rings is 1. The Kier molecular flexibility index (Phi) is 5.43. The SMILES string of the molecule is Cc1cccc(CN(C)CCn2cnc(-c3cc(C(=O)O)ccn3)c2)c1. The number of rotatable bonds is 7. The van der Waals surface area contributed by atoms with Gasteiger partial charge in [0.25, 0.3) is 0 Å². The molecule has 0 aliphatic rings. The van der Waals surface area contributed by atoms with Gasteiger partial charge in [0.05, 0.1) is 17.6 Å². The van der Waals surface area contributed by atoms with Crippen molar-refractivity contribution < 1.29 is 9.90 Å². The highest BCUT2D eigenvalue weighted by Gasteiger charge is 2.09. The van der Waals surface area contributed by atoms with Crippen molar-refractivity contribution in [2.45, 2.75) is 20.0 Å². The number of nitrogens with zero attached hydrogens (tertiary/aromatic N) is 4. The molecule has 0 aliphatic heterocycles. The first-order valence-corrected chi connectivity index (χ1v) is 8.47. The van der Waals surface area contributed by atoms with Crippen LogP contribution in [0.3, 0.4) is 0 Å². The number of pyridine rings is 1. The highest BCUT2D eigenvalue weighted by Crippen LogP contribution is 2.16. The molecule has 0 saturated heterocycles. The third-order valence-electron chi connectivity index (χ3n) is 4.18. The molecule has 3 rings (SSSR count). The number of carboxylic acid groups (broad SMARTS) is 1. The Bertz CT molecular complexity index is 904. The number of carbonyl (C=O) groups is 1. The molecule has 1 aromatic carbocycles. The summed E-state index contributed by atoms with van der Waals surface area (Å²) < 4.78 is 2.00. The van der Waals surface area contributed by atoms with Crippen molar-refractivity contribution in [2.24, 2.45) is 0 Å². The summed E-state index contributed by atoms with van der Waals surface area (Å²) in [7, 11) is 2.10. The highest BCUT2D eigenvalue weighted by molar-refractivity contribution is 5.88. The van der Waals surface area contributed by atoms with Crippen molar-refractivity contribution in [1.82, 2.24) is 19.4 Å². The van der Waals surface area contributed by atoms with E-state index in [-0.39, 0.29) is 5.56 Å². The van der Waals surface area contributed by atoms with Gasteiger partial charge < -0.3 is 14.6 Å². The molecule has 0 fully saturated rings. The Labute approximate surface area is 152 Å². The number of aromatic carboxylic acids is 1. The fourth-order valence-electron chi connectivity index (χ4n) is 2.81. The van der Waals surface area contributed by atoms with Crippen LogP contribution in [0.25, 0.3) is 11.4 Å². The molecule has 3 aromatic rings. The zero-order chi connectivity index (χ0) is 18.5. The van der Waals surface area contributed by atoms with E-state index in [1.165, 1.54) is 23.4 Å². The summed E-state index contributed by atoms with van der Waals surface area (Å²) in [6.45, 7) is 4.68. The van der Waals surface area contributed by atoms with Gasteiger partial charge in [0.1, 0.15) is 5.69 Å².